The maximum Gasteiger partial charge on any atom is 0.168 e. The van der Waals surface area contributed by atoms with Crippen molar-refractivity contribution >= 4 is 22.2 Å². The van der Waals surface area contributed by atoms with Gasteiger partial charge >= 0.3 is 0 Å². The van der Waals surface area contributed by atoms with E-state index in [9.17, 15) is 13.6 Å². The summed E-state index contributed by atoms with van der Waals surface area (Å²) in [4.78, 5) is 10.6. The molecule has 0 aliphatic heterocycles. The Morgan fingerprint density at radius 2 is 1.89 bits per heavy atom. The van der Waals surface area contributed by atoms with Crippen LogP contribution in [0.4, 0.5) is 8.78 Å². The Morgan fingerprint density at radius 1 is 1.11 bits per heavy atom. The van der Waals surface area contributed by atoms with E-state index >= 15 is 0 Å². The number of ether oxygens (including phenoxy) is 1. The van der Waals surface area contributed by atoms with Crippen LogP contribution in [0, 0.1) is 11.6 Å². The summed E-state index contributed by atoms with van der Waals surface area (Å²) in [5.41, 5.74) is 0.460. The monoisotopic (exact) mass is 312 g/mol. The Hall–Kier alpha value is -1.75. The van der Waals surface area contributed by atoms with Gasteiger partial charge in [-0.1, -0.05) is 0 Å². The van der Waals surface area contributed by atoms with Gasteiger partial charge in [-0.15, -0.1) is 0 Å². The third-order valence-electron chi connectivity index (χ3n) is 2.22. The minimum absolute atomic E-state index is 0.0813. The van der Waals surface area contributed by atoms with Crippen LogP contribution in [0.25, 0.3) is 0 Å². The molecule has 0 aliphatic carbocycles. The molecule has 0 unspecified atom stereocenters. The van der Waals surface area contributed by atoms with E-state index in [1.54, 1.807) is 0 Å². The predicted molar refractivity (Wildman–Crippen MR) is 66.0 cm³/mol. The minimum atomic E-state index is -0.786. The third kappa shape index (κ3) is 2.73. The van der Waals surface area contributed by atoms with Crippen LogP contribution in [0.15, 0.2) is 40.9 Å². The molecule has 0 heterocycles. The number of benzene rings is 2. The van der Waals surface area contributed by atoms with Crippen molar-refractivity contribution in [3.8, 4) is 11.5 Å². The fraction of sp³-hybridized carbons (Fsp3) is 0. The van der Waals surface area contributed by atoms with Crippen molar-refractivity contribution in [2.75, 3.05) is 0 Å². The second-order valence-corrected chi connectivity index (χ2v) is 4.33. The molecule has 2 nitrogen and oxygen atoms in total. The molecule has 2 aromatic carbocycles. The van der Waals surface area contributed by atoms with Gasteiger partial charge in [-0.25, -0.2) is 8.78 Å². The lowest BCUT2D eigenvalue weighted by Gasteiger charge is -2.07. The summed E-state index contributed by atoms with van der Waals surface area (Å²) < 4.78 is 31.9. The Balaban J connectivity index is 2.28. The molecule has 92 valence electrons. The van der Waals surface area contributed by atoms with E-state index in [-0.39, 0.29) is 5.75 Å². The lowest BCUT2D eigenvalue weighted by Crippen LogP contribution is -1.90. The van der Waals surface area contributed by atoms with Crippen molar-refractivity contribution in [1.29, 1.82) is 0 Å². The standard InChI is InChI=1S/C13H7BrF2O2/c14-11-6-10(3-1-8(11)7-17)18-13-4-2-9(15)5-12(13)16/h1-7H. The van der Waals surface area contributed by atoms with E-state index in [1.807, 2.05) is 0 Å². The highest BCUT2D eigenvalue weighted by atomic mass is 79.9. The van der Waals surface area contributed by atoms with Crippen molar-refractivity contribution in [1.82, 2.24) is 0 Å². The molecular weight excluding hydrogens is 306 g/mol. The van der Waals surface area contributed by atoms with Gasteiger partial charge in [0, 0.05) is 16.1 Å². The Kier molecular flexibility index (Phi) is 3.72. The molecule has 0 atom stereocenters. The summed E-state index contributed by atoms with van der Waals surface area (Å²) in [5, 5.41) is 0. The maximum absolute atomic E-state index is 13.3. The number of rotatable bonds is 3. The molecule has 0 aliphatic rings. The van der Waals surface area contributed by atoms with Crippen LogP contribution < -0.4 is 4.74 Å². The van der Waals surface area contributed by atoms with Gasteiger partial charge in [0.1, 0.15) is 11.6 Å². The van der Waals surface area contributed by atoms with Crippen LogP contribution in [0.1, 0.15) is 10.4 Å². The summed E-state index contributed by atoms with van der Waals surface area (Å²) in [6, 6.07) is 7.64. The van der Waals surface area contributed by atoms with Crippen LogP contribution >= 0.6 is 15.9 Å². The highest BCUT2D eigenvalue weighted by Crippen LogP contribution is 2.28. The van der Waals surface area contributed by atoms with Gasteiger partial charge in [0.2, 0.25) is 0 Å². The molecule has 18 heavy (non-hydrogen) atoms. The highest BCUT2D eigenvalue weighted by Gasteiger charge is 2.07. The zero-order chi connectivity index (χ0) is 13.1. The molecule has 0 amide bonds. The van der Waals surface area contributed by atoms with Gasteiger partial charge < -0.3 is 4.74 Å². The Labute approximate surface area is 110 Å². The second kappa shape index (κ2) is 5.27. The van der Waals surface area contributed by atoms with Gasteiger partial charge in [-0.2, -0.15) is 0 Å². The topological polar surface area (TPSA) is 26.3 Å². The molecule has 0 radical (unpaired) electrons. The molecular formula is C13H7BrF2O2. The maximum atomic E-state index is 13.3. The molecule has 0 spiro atoms. The quantitative estimate of drug-likeness (QED) is 0.788. The van der Waals surface area contributed by atoms with Gasteiger partial charge in [0.15, 0.2) is 17.9 Å². The summed E-state index contributed by atoms with van der Waals surface area (Å²) in [5.74, 6) is -1.19. The van der Waals surface area contributed by atoms with E-state index in [2.05, 4.69) is 15.9 Å². The van der Waals surface area contributed by atoms with E-state index in [0.717, 1.165) is 12.1 Å². The van der Waals surface area contributed by atoms with Crippen LogP contribution in [0.3, 0.4) is 0 Å². The number of aldehydes is 1. The molecule has 0 aromatic heterocycles. The van der Waals surface area contributed by atoms with Crippen molar-refractivity contribution in [2.45, 2.75) is 0 Å². The molecule has 5 heteroatoms. The first kappa shape index (κ1) is 12.7. The van der Waals surface area contributed by atoms with Crippen molar-refractivity contribution in [2.24, 2.45) is 0 Å². The van der Waals surface area contributed by atoms with E-state index in [1.165, 1.54) is 24.3 Å². The van der Waals surface area contributed by atoms with Crippen molar-refractivity contribution in [3.63, 3.8) is 0 Å². The first-order chi connectivity index (χ1) is 8.60. The Bertz CT molecular complexity index is 600. The first-order valence-corrected chi connectivity index (χ1v) is 5.77. The average molecular weight is 313 g/mol. The number of hydrogen-bond acceptors (Lipinski definition) is 2. The van der Waals surface area contributed by atoms with Crippen molar-refractivity contribution in [3.05, 3.63) is 58.1 Å². The summed E-state index contributed by atoms with van der Waals surface area (Å²) in [6.07, 6.45) is 0.687. The predicted octanol–water partition coefficient (Wildman–Crippen LogP) is 4.33. The smallest absolute Gasteiger partial charge is 0.168 e. The largest absolute Gasteiger partial charge is 0.454 e. The van der Waals surface area contributed by atoms with Crippen LogP contribution in [-0.2, 0) is 0 Å². The van der Waals surface area contributed by atoms with Crippen LogP contribution in [0.5, 0.6) is 11.5 Å². The minimum Gasteiger partial charge on any atom is -0.454 e. The fourth-order valence-corrected chi connectivity index (χ4v) is 1.80. The SMILES string of the molecule is O=Cc1ccc(Oc2ccc(F)cc2F)cc1Br. The zero-order valence-corrected chi connectivity index (χ0v) is 10.6. The normalized spacial score (nSPS) is 10.2. The average Bonchev–Trinajstić information content (AvgIpc) is 2.33. The fourth-order valence-electron chi connectivity index (χ4n) is 1.35. The molecule has 0 N–H and O–H groups in total. The van der Waals surface area contributed by atoms with Gasteiger partial charge in [-0.05, 0) is 46.3 Å². The summed E-state index contributed by atoms with van der Waals surface area (Å²) in [7, 11) is 0. The molecule has 0 saturated heterocycles. The van der Waals surface area contributed by atoms with E-state index in [0.29, 0.717) is 22.1 Å². The second-order valence-electron chi connectivity index (χ2n) is 3.48. The summed E-state index contributed by atoms with van der Waals surface area (Å²) >= 11 is 3.19. The zero-order valence-electron chi connectivity index (χ0n) is 8.99. The molecule has 2 rings (SSSR count). The van der Waals surface area contributed by atoms with E-state index < -0.39 is 11.6 Å². The van der Waals surface area contributed by atoms with Crippen LogP contribution in [0.2, 0.25) is 0 Å². The molecule has 2 aromatic rings. The van der Waals surface area contributed by atoms with Crippen molar-refractivity contribution < 1.29 is 18.3 Å². The third-order valence-corrected chi connectivity index (χ3v) is 2.91. The Morgan fingerprint density at radius 3 is 2.50 bits per heavy atom. The first-order valence-electron chi connectivity index (χ1n) is 4.98. The highest BCUT2D eigenvalue weighted by molar-refractivity contribution is 9.10. The number of hydrogen-bond donors (Lipinski definition) is 0. The lowest BCUT2D eigenvalue weighted by atomic mass is 10.2. The van der Waals surface area contributed by atoms with Gasteiger partial charge in [-0.3, -0.25) is 4.79 Å². The van der Waals surface area contributed by atoms with E-state index in [4.69, 9.17) is 4.74 Å². The number of carbonyl (C=O) groups is 1. The number of halogens is 3. The van der Waals surface area contributed by atoms with Gasteiger partial charge in [0.25, 0.3) is 0 Å². The lowest BCUT2D eigenvalue weighted by molar-refractivity contribution is 0.112. The molecule has 0 saturated carbocycles. The van der Waals surface area contributed by atoms with Crippen LogP contribution in [-0.4, -0.2) is 6.29 Å². The molecule has 0 fully saturated rings. The number of carbonyl (C=O) groups excluding carboxylic acids is 1. The molecule has 0 bridgehead atoms. The van der Waals surface area contributed by atoms with Gasteiger partial charge in [0.05, 0.1) is 0 Å². The summed E-state index contributed by atoms with van der Waals surface area (Å²) in [6.45, 7) is 0.